The summed E-state index contributed by atoms with van der Waals surface area (Å²) in [7, 11) is -3.52. The SMILES string of the molecule is CCCN(C1CCNCC1)S(=O)(=O)c1ccc(NC(C)=O)cc1. The monoisotopic (exact) mass is 339 g/mol. The molecule has 1 saturated heterocycles. The molecule has 1 aromatic carbocycles. The van der Waals surface area contributed by atoms with E-state index in [1.54, 1.807) is 28.6 Å². The van der Waals surface area contributed by atoms with Gasteiger partial charge in [-0.1, -0.05) is 6.92 Å². The highest BCUT2D eigenvalue weighted by Gasteiger charge is 2.31. The Morgan fingerprint density at radius 3 is 2.39 bits per heavy atom. The van der Waals surface area contributed by atoms with Crippen molar-refractivity contribution in [2.75, 3.05) is 25.0 Å². The summed E-state index contributed by atoms with van der Waals surface area (Å²) < 4.78 is 27.6. The van der Waals surface area contributed by atoms with E-state index in [-0.39, 0.29) is 16.8 Å². The molecule has 1 aliphatic heterocycles. The molecule has 7 heteroatoms. The average Bonchev–Trinajstić information content (AvgIpc) is 2.53. The Balaban J connectivity index is 2.23. The van der Waals surface area contributed by atoms with Crippen LogP contribution in [-0.4, -0.2) is 44.3 Å². The molecule has 1 aliphatic rings. The van der Waals surface area contributed by atoms with Crippen LogP contribution < -0.4 is 10.6 Å². The smallest absolute Gasteiger partial charge is 0.243 e. The fraction of sp³-hybridized carbons (Fsp3) is 0.562. The van der Waals surface area contributed by atoms with Crippen molar-refractivity contribution in [3.8, 4) is 0 Å². The molecule has 0 saturated carbocycles. The topological polar surface area (TPSA) is 78.5 Å². The highest BCUT2D eigenvalue weighted by atomic mass is 32.2. The number of hydrogen-bond donors (Lipinski definition) is 2. The second-order valence-electron chi connectivity index (χ2n) is 5.80. The highest BCUT2D eigenvalue weighted by Crippen LogP contribution is 2.24. The van der Waals surface area contributed by atoms with Crippen LogP contribution in [0.15, 0.2) is 29.2 Å². The third-order valence-corrected chi connectivity index (χ3v) is 5.91. The normalized spacial score (nSPS) is 16.5. The van der Waals surface area contributed by atoms with Crippen LogP contribution >= 0.6 is 0 Å². The van der Waals surface area contributed by atoms with Crippen LogP contribution in [0.3, 0.4) is 0 Å². The quantitative estimate of drug-likeness (QED) is 0.828. The summed E-state index contributed by atoms with van der Waals surface area (Å²) >= 11 is 0. The minimum atomic E-state index is -3.52. The van der Waals surface area contributed by atoms with E-state index in [1.165, 1.54) is 6.92 Å². The zero-order chi connectivity index (χ0) is 16.9. The predicted octanol–water partition coefficient (Wildman–Crippen LogP) is 1.80. The lowest BCUT2D eigenvalue weighted by molar-refractivity contribution is -0.114. The third-order valence-electron chi connectivity index (χ3n) is 3.94. The fourth-order valence-electron chi connectivity index (χ4n) is 2.86. The Labute approximate surface area is 138 Å². The zero-order valence-corrected chi connectivity index (χ0v) is 14.5. The van der Waals surface area contributed by atoms with Gasteiger partial charge >= 0.3 is 0 Å². The zero-order valence-electron chi connectivity index (χ0n) is 13.7. The molecule has 0 bridgehead atoms. The van der Waals surface area contributed by atoms with Crippen LogP contribution in [-0.2, 0) is 14.8 Å². The van der Waals surface area contributed by atoms with Gasteiger partial charge in [0.2, 0.25) is 15.9 Å². The molecular weight excluding hydrogens is 314 g/mol. The number of carbonyl (C=O) groups is 1. The highest BCUT2D eigenvalue weighted by molar-refractivity contribution is 7.89. The Bertz CT molecular complexity index is 622. The van der Waals surface area contributed by atoms with Crippen LogP contribution in [0.5, 0.6) is 0 Å². The minimum absolute atomic E-state index is 0.0521. The molecular formula is C16H25N3O3S. The van der Waals surface area contributed by atoms with Crippen molar-refractivity contribution in [3.05, 3.63) is 24.3 Å². The molecule has 1 amide bonds. The van der Waals surface area contributed by atoms with Gasteiger partial charge < -0.3 is 10.6 Å². The van der Waals surface area contributed by atoms with E-state index in [0.717, 1.165) is 32.4 Å². The largest absolute Gasteiger partial charge is 0.326 e. The molecule has 0 unspecified atom stereocenters. The lowest BCUT2D eigenvalue weighted by Crippen LogP contribution is -2.46. The van der Waals surface area contributed by atoms with E-state index in [9.17, 15) is 13.2 Å². The Morgan fingerprint density at radius 2 is 1.87 bits per heavy atom. The minimum Gasteiger partial charge on any atom is -0.326 e. The van der Waals surface area contributed by atoms with Crippen LogP contribution in [0.25, 0.3) is 0 Å². The van der Waals surface area contributed by atoms with Crippen molar-refractivity contribution in [2.45, 2.75) is 44.0 Å². The Kier molecular flexibility index (Phi) is 6.15. The number of sulfonamides is 1. The average molecular weight is 339 g/mol. The van der Waals surface area contributed by atoms with Gasteiger partial charge in [0.1, 0.15) is 0 Å². The number of anilines is 1. The van der Waals surface area contributed by atoms with Crippen molar-refractivity contribution < 1.29 is 13.2 Å². The summed E-state index contributed by atoms with van der Waals surface area (Å²) in [6, 6.07) is 6.42. The van der Waals surface area contributed by atoms with Gasteiger partial charge in [-0.15, -0.1) is 0 Å². The van der Waals surface area contributed by atoms with E-state index in [1.807, 2.05) is 6.92 Å². The lowest BCUT2D eigenvalue weighted by atomic mass is 10.1. The summed E-state index contributed by atoms with van der Waals surface area (Å²) in [5.74, 6) is -0.178. The van der Waals surface area contributed by atoms with E-state index in [0.29, 0.717) is 12.2 Å². The first-order chi connectivity index (χ1) is 10.9. The van der Waals surface area contributed by atoms with Gasteiger partial charge in [-0.3, -0.25) is 4.79 Å². The second-order valence-corrected chi connectivity index (χ2v) is 7.69. The molecule has 1 heterocycles. The number of rotatable bonds is 6. The molecule has 1 aromatic rings. The Morgan fingerprint density at radius 1 is 1.26 bits per heavy atom. The molecule has 0 aromatic heterocycles. The first-order valence-electron chi connectivity index (χ1n) is 8.05. The van der Waals surface area contributed by atoms with E-state index in [4.69, 9.17) is 0 Å². The number of amides is 1. The predicted molar refractivity (Wildman–Crippen MR) is 90.8 cm³/mol. The van der Waals surface area contributed by atoms with Crippen LogP contribution in [0.4, 0.5) is 5.69 Å². The maximum absolute atomic E-state index is 13.0. The van der Waals surface area contributed by atoms with Gasteiger partial charge in [-0.05, 0) is 56.6 Å². The van der Waals surface area contributed by atoms with Crippen molar-refractivity contribution >= 4 is 21.6 Å². The van der Waals surface area contributed by atoms with Crippen LogP contribution in [0.1, 0.15) is 33.1 Å². The van der Waals surface area contributed by atoms with Crippen molar-refractivity contribution in [1.29, 1.82) is 0 Å². The summed E-state index contributed by atoms with van der Waals surface area (Å²) in [6.45, 7) is 5.64. The number of benzene rings is 1. The molecule has 128 valence electrons. The molecule has 1 fully saturated rings. The Hall–Kier alpha value is -1.44. The molecule has 0 radical (unpaired) electrons. The fourth-order valence-corrected chi connectivity index (χ4v) is 4.64. The standard InChI is InChI=1S/C16H25N3O3S/c1-3-12-19(15-8-10-17-11-9-15)23(21,22)16-6-4-14(5-7-16)18-13(2)20/h4-7,15,17H,3,8-12H2,1-2H3,(H,18,20). The van der Waals surface area contributed by atoms with E-state index < -0.39 is 10.0 Å². The molecule has 0 aliphatic carbocycles. The number of nitrogens with one attached hydrogen (secondary N) is 2. The van der Waals surface area contributed by atoms with Gasteiger partial charge in [0.05, 0.1) is 4.90 Å². The molecule has 2 N–H and O–H groups in total. The van der Waals surface area contributed by atoms with Gasteiger partial charge in [0.15, 0.2) is 0 Å². The van der Waals surface area contributed by atoms with Crippen molar-refractivity contribution in [2.24, 2.45) is 0 Å². The van der Waals surface area contributed by atoms with Gasteiger partial charge in [-0.25, -0.2) is 8.42 Å². The van der Waals surface area contributed by atoms with Gasteiger partial charge in [0, 0.05) is 25.2 Å². The summed E-state index contributed by atoms with van der Waals surface area (Å²) in [4.78, 5) is 11.3. The summed E-state index contributed by atoms with van der Waals surface area (Å²) in [5, 5.41) is 5.91. The van der Waals surface area contributed by atoms with Crippen molar-refractivity contribution in [1.82, 2.24) is 9.62 Å². The first-order valence-corrected chi connectivity index (χ1v) is 9.49. The molecule has 0 spiro atoms. The number of hydrogen-bond acceptors (Lipinski definition) is 4. The summed E-state index contributed by atoms with van der Waals surface area (Å²) in [6.07, 6.45) is 2.46. The molecule has 6 nitrogen and oxygen atoms in total. The lowest BCUT2D eigenvalue weighted by Gasteiger charge is -2.33. The van der Waals surface area contributed by atoms with Gasteiger partial charge in [0.25, 0.3) is 0 Å². The summed E-state index contributed by atoms with van der Waals surface area (Å²) in [5.41, 5.74) is 0.598. The van der Waals surface area contributed by atoms with Crippen LogP contribution in [0.2, 0.25) is 0 Å². The first kappa shape index (κ1) is 17.9. The van der Waals surface area contributed by atoms with Crippen molar-refractivity contribution in [3.63, 3.8) is 0 Å². The third kappa shape index (κ3) is 4.53. The number of piperidine rings is 1. The number of carbonyl (C=O) groups excluding carboxylic acids is 1. The van der Waals surface area contributed by atoms with E-state index >= 15 is 0 Å². The molecule has 0 atom stereocenters. The second kappa shape index (κ2) is 7.90. The number of nitrogens with zero attached hydrogens (tertiary/aromatic N) is 1. The molecule has 23 heavy (non-hydrogen) atoms. The van der Waals surface area contributed by atoms with Crippen LogP contribution in [0, 0.1) is 0 Å². The maximum atomic E-state index is 13.0. The van der Waals surface area contributed by atoms with Gasteiger partial charge in [-0.2, -0.15) is 4.31 Å². The van der Waals surface area contributed by atoms with E-state index in [2.05, 4.69) is 10.6 Å². The molecule has 2 rings (SSSR count). The maximum Gasteiger partial charge on any atom is 0.243 e.